The van der Waals surface area contributed by atoms with Gasteiger partial charge in [-0.25, -0.2) is 4.57 Å². The van der Waals surface area contributed by atoms with Gasteiger partial charge < -0.3 is 20.1 Å². The van der Waals surface area contributed by atoms with E-state index in [1.54, 1.807) is 0 Å². The van der Waals surface area contributed by atoms with Gasteiger partial charge in [-0.3, -0.25) is 13.8 Å². The molecule has 0 fully saturated rings. The fourth-order valence-corrected chi connectivity index (χ4v) is 6.59. The summed E-state index contributed by atoms with van der Waals surface area (Å²) in [6.45, 7) is 4.90. The van der Waals surface area contributed by atoms with Crippen molar-refractivity contribution >= 4 is 13.8 Å². The van der Waals surface area contributed by atoms with Crippen LogP contribution in [0.2, 0.25) is 0 Å². The number of unbranched alkanes of at least 4 members (excludes halogenated alkanes) is 26. The Bertz CT molecular complexity index is 697. The van der Waals surface area contributed by atoms with Gasteiger partial charge in [0.1, 0.15) is 6.10 Å². The molecule has 0 aromatic rings. The van der Waals surface area contributed by atoms with E-state index in [1.165, 1.54) is 148 Å². The molecule has 8 nitrogen and oxygen atoms in total. The first-order valence-corrected chi connectivity index (χ1v) is 21.5. The number of ether oxygens (including phenoxy) is 2. The molecule has 0 radical (unpaired) electrons. The molecule has 0 saturated heterocycles. The fourth-order valence-electron chi connectivity index (χ4n) is 5.82. The zero-order valence-electron chi connectivity index (χ0n) is 31.0. The molecule has 0 aliphatic heterocycles. The Labute approximate surface area is 291 Å². The molecule has 0 spiro atoms. The molecule has 0 aromatic heterocycles. The molecule has 0 amide bonds. The first-order chi connectivity index (χ1) is 22.9. The second-order valence-electron chi connectivity index (χ2n) is 13.5. The van der Waals surface area contributed by atoms with Crippen LogP contribution < -0.4 is 5.73 Å². The highest BCUT2D eigenvalue weighted by atomic mass is 31.2. The Hall–Kier alpha value is -0.500. The summed E-state index contributed by atoms with van der Waals surface area (Å²) in [5.41, 5.74) is 5.34. The second-order valence-corrected chi connectivity index (χ2v) is 15.0. The molecule has 0 aromatic carbocycles. The number of nitrogens with two attached hydrogens (primary N) is 1. The molecular weight excluding hydrogens is 613 g/mol. The molecule has 0 rings (SSSR count). The predicted molar refractivity (Wildman–Crippen MR) is 197 cm³/mol. The maximum Gasteiger partial charge on any atom is 0.472 e. The van der Waals surface area contributed by atoms with Crippen molar-refractivity contribution < 1.29 is 32.8 Å². The molecule has 2 atom stereocenters. The quantitative estimate of drug-likeness (QED) is 0.0371. The third kappa shape index (κ3) is 36.6. The Morgan fingerprint density at radius 2 is 0.936 bits per heavy atom. The molecule has 0 bridgehead atoms. The lowest BCUT2D eigenvalue weighted by Crippen LogP contribution is -2.28. The van der Waals surface area contributed by atoms with E-state index in [-0.39, 0.29) is 32.3 Å². The minimum absolute atomic E-state index is 0.0910. The lowest BCUT2D eigenvalue weighted by molar-refractivity contribution is -0.154. The van der Waals surface area contributed by atoms with Crippen molar-refractivity contribution in [1.82, 2.24) is 0 Å². The molecule has 282 valence electrons. The Morgan fingerprint density at radius 1 is 0.553 bits per heavy atom. The molecule has 3 N–H and O–H groups in total. The van der Waals surface area contributed by atoms with Crippen molar-refractivity contribution in [3.8, 4) is 0 Å². The van der Waals surface area contributed by atoms with Crippen molar-refractivity contribution in [3.63, 3.8) is 0 Å². The van der Waals surface area contributed by atoms with E-state index in [2.05, 4.69) is 13.8 Å². The van der Waals surface area contributed by atoms with Gasteiger partial charge in [0.05, 0.1) is 19.8 Å². The van der Waals surface area contributed by atoms with Crippen LogP contribution in [0.15, 0.2) is 0 Å². The molecule has 9 heteroatoms. The summed E-state index contributed by atoms with van der Waals surface area (Å²) in [6.07, 6.45) is 35.8. The Kier molecular flexibility index (Phi) is 36.4. The van der Waals surface area contributed by atoms with Crippen LogP contribution in [0.25, 0.3) is 0 Å². The van der Waals surface area contributed by atoms with Crippen LogP contribution in [-0.2, 0) is 27.9 Å². The van der Waals surface area contributed by atoms with E-state index in [1.807, 2.05) is 0 Å². The van der Waals surface area contributed by atoms with E-state index < -0.39 is 13.9 Å². The largest absolute Gasteiger partial charge is 0.472 e. The first kappa shape index (κ1) is 46.5. The third-order valence-electron chi connectivity index (χ3n) is 8.77. The number of phosphoric acid groups is 1. The molecular formula is C38H78NO7P. The Balaban J connectivity index is 3.78. The number of carbonyl (C=O) groups is 1. The summed E-state index contributed by atoms with van der Waals surface area (Å²) in [7, 11) is -4.25. The van der Waals surface area contributed by atoms with Gasteiger partial charge in [0, 0.05) is 19.6 Å². The number of esters is 1. The number of rotatable bonds is 39. The maximum absolute atomic E-state index is 12.4. The van der Waals surface area contributed by atoms with Gasteiger partial charge >= 0.3 is 13.8 Å². The minimum atomic E-state index is -4.25. The SMILES string of the molecule is CCCCCCCCCCCCCCCCCCCCCCCCOCC(COP(=O)(O)OCCN)OC(=O)CCCCCCCC. The monoisotopic (exact) mass is 692 g/mol. The highest BCUT2D eigenvalue weighted by Crippen LogP contribution is 2.43. The van der Waals surface area contributed by atoms with Crippen molar-refractivity contribution in [2.75, 3.05) is 33.0 Å². The smallest absolute Gasteiger partial charge is 0.457 e. The number of hydrogen-bond acceptors (Lipinski definition) is 7. The van der Waals surface area contributed by atoms with Gasteiger partial charge in [-0.15, -0.1) is 0 Å². The van der Waals surface area contributed by atoms with Crippen LogP contribution in [0.5, 0.6) is 0 Å². The average molecular weight is 692 g/mol. The maximum atomic E-state index is 12.4. The minimum Gasteiger partial charge on any atom is -0.457 e. The third-order valence-corrected chi connectivity index (χ3v) is 9.76. The van der Waals surface area contributed by atoms with Gasteiger partial charge in [0.2, 0.25) is 0 Å². The van der Waals surface area contributed by atoms with Crippen LogP contribution in [-0.4, -0.2) is 49.9 Å². The zero-order valence-corrected chi connectivity index (χ0v) is 31.9. The molecule has 2 unspecified atom stereocenters. The van der Waals surface area contributed by atoms with Gasteiger partial charge in [-0.1, -0.05) is 181 Å². The van der Waals surface area contributed by atoms with E-state index >= 15 is 0 Å². The normalized spacial score (nSPS) is 13.5. The lowest BCUT2D eigenvalue weighted by Gasteiger charge is -2.20. The predicted octanol–water partition coefficient (Wildman–Crippen LogP) is 11.4. The van der Waals surface area contributed by atoms with Gasteiger partial charge in [0.25, 0.3) is 0 Å². The van der Waals surface area contributed by atoms with Crippen molar-refractivity contribution in [3.05, 3.63) is 0 Å². The first-order valence-electron chi connectivity index (χ1n) is 20.0. The van der Waals surface area contributed by atoms with Crippen LogP contribution in [0.4, 0.5) is 0 Å². The Morgan fingerprint density at radius 3 is 1.34 bits per heavy atom. The number of phosphoric ester groups is 1. The topological polar surface area (TPSA) is 117 Å². The van der Waals surface area contributed by atoms with E-state index in [9.17, 15) is 14.3 Å². The van der Waals surface area contributed by atoms with Crippen molar-refractivity contribution in [2.45, 2.75) is 206 Å². The summed E-state index contributed by atoms with van der Waals surface area (Å²) < 4.78 is 33.1. The lowest BCUT2D eigenvalue weighted by atomic mass is 10.0. The fraction of sp³-hybridized carbons (Fsp3) is 0.974. The molecule has 0 aliphatic carbocycles. The molecule has 47 heavy (non-hydrogen) atoms. The standard InChI is InChI=1S/C38H78NO7P/c1-3-5-7-9-11-12-13-14-15-16-17-18-19-20-21-22-23-24-25-26-28-30-33-43-35-37(36-45-47(41,42)44-34-32-39)46-38(40)31-29-27-10-8-6-4-2/h37H,3-36,39H2,1-2H3,(H,41,42). The average Bonchev–Trinajstić information content (AvgIpc) is 3.06. The molecule has 0 heterocycles. The molecule has 0 saturated carbocycles. The highest BCUT2D eigenvalue weighted by Gasteiger charge is 2.25. The van der Waals surface area contributed by atoms with E-state index in [4.69, 9.17) is 24.3 Å². The summed E-state index contributed by atoms with van der Waals surface area (Å²) in [5, 5.41) is 0. The van der Waals surface area contributed by atoms with Crippen molar-refractivity contribution in [2.24, 2.45) is 5.73 Å². The summed E-state index contributed by atoms with van der Waals surface area (Å²) in [6, 6.07) is 0. The highest BCUT2D eigenvalue weighted by molar-refractivity contribution is 7.47. The van der Waals surface area contributed by atoms with E-state index in [0.717, 1.165) is 32.1 Å². The number of hydrogen-bond donors (Lipinski definition) is 2. The van der Waals surface area contributed by atoms with Crippen LogP contribution >= 0.6 is 7.82 Å². The van der Waals surface area contributed by atoms with Crippen LogP contribution in [0.1, 0.15) is 200 Å². The summed E-state index contributed by atoms with van der Waals surface area (Å²) >= 11 is 0. The van der Waals surface area contributed by atoms with Gasteiger partial charge in [-0.05, 0) is 12.8 Å². The van der Waals surface area contributed by atoms with Gasteiger partial charge in [0.15, 0.2) is 0 Å². The summed E-state index contributed by atoms with van der Waals surface area (Å²) in [4.78, 5) is 22.2. The van der Waals surface area contributed by atoms with E-state index in [0.29, 0.717) is 13.0 Å². The molecule has 0 aliphatic rings. The van der Waals surface area contributed by atoms with Crippen LogP contribution in [0, 0.1) is 0 Å². The van der Waals surface area contributed by atoms with Crippen LogP contribution in [0.3, 0.4) is 0 Å². The zero-order chi connectivity index (χ0) is 34.5. The van der Waals surface area contributed by atoms with Gasteiger partial charge in [-0.2, -0.15) is 0 Å². The van der Waals surface area contributed by atoms with Crippen molar-refractivity contribution in [1.29, 1.82) is 0 Å². The summed E-state index contributed by atoms with van der Waals surface area (Å²) in [5.74, 6) is -0.335. The second kappa shape index (κ2) is 36.8. The number of carbonyl (C=O) groups excluding carboxylic acids is 1.